The highest BCUT2D eigenvalue weighted by Gasteiger charge is 2.82. The third-order valence-corrected chi connectivity index (χ3v) is 9.00. The molecule has 4 bridgehead atoms. The van der Waals surface area contributed by atoms with E-state index in [1.807, 2.05) is 0 Å². The van der Waals surface area contributed by atoms with E-state index in [1.165, 1.54) is 6.42 Å². The molecule has 5 fully saturated rings. The molecule has 0 N–H and O–H groups in total. The smallest absolute Gasteiger partial charge is 0.103 e. The van der Waals surface area contributed by atoms with E-state index in [-0.39, 0.29) is 5.60 Å². The van der Waals surface area contributed by atoms with Crippen LogP contribution in [-0.2, 0) is 4.74 Å². The van der Waals surface area contributed by atoms with Crippen molar-refractivity contribution in [2.45, 2.75) is 59.2 Å². The SMILES string of the molecule is CC1C(C)C2CC1C1C2C2CC1C(C)(C)C21OC1C. The normalized spacial score (nSPS) is 70.9. The highest BCUT2D eigenvalue weighted by Crippen LogP contribution is 2.80. The lowest BCUT2D eigenvalue weighted by Crippen LogP contribution is -2.51. The van der Waals surface area contributed by atoms with Crippen molar-refractivity contribution >= 4 is 0 Å². The molecule has 5 rings (SSSR count). The van der Waals surface area contributed by atoms with E-state index in [1.54, 1.807) is 6.42 Å². The fourth-order valence-electron chi connectivity index (χ4n) is 8.16. The zero-order chi connectivity index (χ0) is 13.3. The molecule has 1 spiro atoms. The molecule has 4 aliphatic carbocycles. The molecule has 1 heterocycles. The van der Waals surface area contributed by atoms with E-state index >= 15 is 0 Å². The third kappa shape index (κ3) is 0.935. The first-order chi connectivity index (χ1) is 8.91. The summed E-state index contributed by atoms with van der Waals surface area (Å²) in [5.74, 6) is 7.97. The van der Waals surface area contributed by atoms with Gasteiger partial charge in [-0.05, 0) is 72.5 Å². The number of rotatable bonds is 0. The van der Waals surface area contributed by atoms with Crippen molar-refractivity contribution in [1.82, 2.24) is 0 Å². The maximum Gasteiger partial charge on any atom is 0.103 e. The fraction of sp³-hybridized carbons (Fsp3) is 1.00. The monoisotopic (exact) mass is 260 g/mol. The van der Waals surface area contributed by atoms with Crippen LogP contribution in [0.2, 0.25) is 0 Å². The number of ether oxygens (including phenoxy) is 1. The lowest BCUT2D eigenvalue weighted by molar-refractivity contribution is -0.0428. The average Bonchev–Trinajstić information content (AvgIpc) is 2.71. The fourth-order valence-corrected chi connectivity index (χ4v) is 8.16. The molecule has 1 aliphatic heterocycles. The van der Waals surface area contributed by atoms with Gasteiger partial charge >= 0.3 is 0 Å². The van der Waals surface area contributed by atoms with Crippen molar-refractivity contribution in [2.24, 2.45) is 52.8 Å². The van der Waals surface area contributed by atoms with Gasteiger partial charge in [0.05, 0.1) is 6.10 Å². The summed E-state index contributed by atoms with van der Waals surface area (Å²) in [7, 11) is 0. The summed E-state index contributed by atoms with van der Waals surface area (Å²) < 4.78 is 6.29. The van der Waals surface area contributed by atoms with Gasteiger partial charge in [-0.25, -0.2) is 0 Å². The van der Waals surface area contributed by atoms with Crippen LogP contribution in [0, 0.1) is 52.8 Å². The first-order valence-corrected chi connectivity index (χ1v) is 8.59. The zero-order valence-electron chi connectivity index (χ0n) is 13.0. The van der Waals surface area contributed by atoms with E-state index in [9.17, 15) is 0 Å². The molecule has 10 atom stereocenters. The van der Waals surface area contributed by atoms with Crippen LogP contribution in [0.3, 0.4) is 0 Å². The van der Waals surface area contributed by atoms with E-state index < -0.39 is 0 Å². The number of hydrogen-bond donors (Lipinski definition) is 0. The molecule has 0 aromatic carbocycles. The van der Waals surface area contributed by atoms with Crippen molar-refractivity contribution in [3.8, 4) is 0 Å². The van der Waals surface area contributed by atoms with Crippen LogP contribution in [0.15, 0.2) is 0 Å². The van der Waals surface area contributed by atoms with Crippen LogP contribution < -0.4 is 0 Å². The topological polar surface area (TPSA) is 12.5 Å². The molecule has 0 aromatic heterocycles. The zero-order valence-corrected chi connectivity index (χ0v) is 13.0. The second-order valence-electron chi connectivity index (χ2n) is 9.16. The standard InChI is InChI=1S/C18H28O/c1-8-9(2)12-6-11(8)15-13-7-14(16(12)15)18(10(3)19-18)17(13,4)5/h8-16H,6-7H2,1-5H3. The third-order valence-electron chi connectivity index (χ3n) is 9.00. The van der Waals surface area contributed by atoms with Crippen molar-refractivity contribution in [3.63, 3.8) is 0 Å². The Morgan fingerprint density at radius 2 is 1.37 bits per heavy atom. The Bertz CT molecular complexity index is 455. The van der Waals surface area contributed by atoms with Gasteiger partial charge in [-0.2, -0.15) is 0 Å². The number of hydrogen-bond acceptors (Lipinski definition) is 1. The highest BCUT2D eigenvalue weighted by molar-refractivity contribution is 5.29. The molecule has 4 saturated carbocycles. The molecule has 1 heteroatoms. The van der Waals surface area contributed by atoms with Gasteiger partial charge in [-0.15, -0.1) is 0 Å². The lowest BCUT2D eigenvalue weighted by Gasteiger charge is -2.50. The molecule has 1 saturated heterocycles. The van der Waals surface area contributed by atoms with Gasteiger partial charge < -0.3 is 4.74 Å². The molecular formula is C18H28O. The summed E-state index contributed by atoms with van der Waals surface area (Å²) in [5, 5.41) is 0. The molecule has 5 aliphatic rings. The van der Waals surface area contributed by atoms with Crippen molar-refractivity contribution in [3.05, 3.63) is 0 Å². The van der Waals surface area contributed by atoms with Crippen LogP contribution in [-0.4, -0.2) is 11.7 Å². The van der Waals surface area contributed by atoms with Gasteiger partial charge in [0.25, 0.3) is 0 Å². The van der Waals surface area contributed by atoms with E-state index in [4.69, 9.17) is 4.74 Å². The Morgan fingerprint density at radius 3 is 1.89 bits per heavy atom. The summed E-state index contributed by atoms with van der Waals surface area (Å²) in [6.45, 7) is 12.5. The predicted molar refractivity (Wildman–Crippen MR) is 75.6 cm³/mol. The number of epoxide rings is 1. The summed E-state index contributed by atoms with van der Waals surface area (Å²) in [6, 6.07) is 0. The Labute approximate surface area is 117 Å². The molecular weight excluding hydrogens is 232 g/mol. The summed E-state index contributed by atoms with van der Waals surface area (Å²) in [6.07, 6.45) is 3.56. The maximum atomic E-state index is 6.29. The maximum absolute atomic E-state index is 6.29. The molecule has 0 amide bonds. The van der Waals surface area contributed by atoms with E-state index in [2.05, 4.69) is 34.6 Å². The number of fused-ring (bicyclic) bond motifs is 10. The second kappa shape index (κ2) is 2.93. The van der Waals surface area contributed by atoms with Gasteiger partial charge in [0.1, 0.15) is 5.60 Å². The van der Waals surface area contributed by atoms with Gasteiger partial charge in [0.15, 0.2) is 0 Å². The minimum absolute atomic E-state index is 0.284. The Morgan fingerprint density at radius 1 is 0.842 bits per heavy atom. The lowest BCUT2D eigenvalue weighted by atomic mass is 9.54. The average molecular weight is 260 g/mol. The van der Waals surface area contributed by atoms with Crippen molar-refractivity contribution in [1.29, 1.82) is 0 Å². The summed E-state index contributed by atoms with van der Waals surface area (Å²) in [4.78, 5) is 0. The molecule has 0 radical (unpaired) electrons. The van der Waals surface area contributed by atoms with Crippen molar-refractivity contribution in [2.75, 3.05) is 0 Å². The van der Waals surface area contributed by atoms with Crippen LogP contribution in [0.1, 0.15) is 47.5 Å². The molecule has 106 valence electrons. The molecule has 1 nitrogen and oxygen atoms in total. The quantitative estimate of drug-likeness (QED) is 0.474. The van der Waals surface area contributed by atoms with Gasteiger partial charge in [-0.1, -0.05) is 27.7 Å². The Kier molecular flexibility index (Phi) is 1.79. The summed E-state index contributed by atoms with van der Waals surface area (Å²) in [5.41, 5.74) is 0.720. The Hall–Kier alpha value is -0.0400. The van der Waals surface area contributed by atoms with Crippen molar-refractivity contribution < 1.29 is 4.74 Å². The van der Waals surface area contributed by atoms with Gasteiger partial charge in [-0.3, -0.25) is 0 Å². The molecule has 19 heavy (non-hydrogen) atoms. The van der Waals surface area contributed by atoms with Gasteiger partial charge in [0, 0.05) is 0 Å². The minimum atomic E-state index is 0.284. The summed E-state index contributed by atoms with van der Waals surface area (Å²) >= 11 is 0. The second-order valence-corrected chi connectivity index (χ2v) is 9.16. The van der Waals surface area contributed by atoms with E-state index in [0.717, 1.165) is 47.3 Å². The van der Waals surface area contributed by atoms with Crippen LogP contribution in [0.25, 0.3) is 0 Å². The highest BCUT2D eigenvalue weighted by atomic mass is 16.6. The minimum Gasteiger partial charge on any atom is -0.365 e. The first-order valence-electron chi connectivity index (χ1n) is 8.59. The van der Waals surface area contributed by atoms with Gasteiger partial charge in [0.2, 0.25) is 0 Å². The Balaban J connectivity index is 1.61. The van der Waals surface area contributed by atoms with Crippen LogP contribution >= 0.6 is 0 Å². The predicted octanol–water partition coefficient (Wildman–Crippen LogP) is 3.97. The van der Waals surface area contributed by atoms with Crippen LogP contribution in [0.4, 0.5) is 0 Å². The first kappa shape index (κ1) is 11.6. The molecule has 0 aromatic rings. The van der Waals surface area contributed by atoms with Crippen LogP contribution in [0.5, 0.6) is 0 Å². The molecule has 10 unspecified atom stereocenters. The largest absolute Gasteiger partial charge is 0.365 e. The van der Waals surface area contributed by atoms with E-state index in [0.29, 0.717) is 11.5 Å².